The Kier molecular flexibility index (Phi) is 4.92. The molecule has 0 aliphatic rings. The number of amides is 1. The summed E-state index contributed by atoms with van der Waals surface area (Å²) in [6, 6.07) is 28.2. The molecule has 0 saturated carbocycles. The van der Waals surface area contributed by atoms with Crippen LogP contribution in [-0.4, -0.2) is 15.5 Å². The third-order valence-corrected chi connectivity index (χ3v) is 5.40. The van der Waals surface area contributed by atoms with E-state index in [4.69, 9.17) is 4.98 Å². The molecule has 0 fully saturated rings. The van der Waals surface area contributed by atoms with Crippen molar-refractivity contribution in [3.8, 4) is 0 Å². The minimum atomic E-state index is -0.367. The van der Waals surface area contributed by atoms with Gasteiger partial charge in [0.1, 0.15) is 11.6 Å². The summed E-state index contributed by atoms with van der Waals surface area (Å²) in [5.41, 5.74) is 3.47. The van der Waals surface area contributed by atoms with E-state index in [0.717, 1.165) is 22.4 Å². The van der Waals surface area contributed by atoms with Gasteiger partial charge >= 0.3 is 0 Å². The fourth-order valence-electron chi connectivity index (χ4n) is 3.82. The molecule has 0 unspecified atom stereocenters. The summed E-state index contributed by atoms with van der Waals surface area (Å²) in [7, 11) is 0. The van der Waals surface area contributed by atoms with Crippen molar-refractivity contribution in [2.75, 3.05) is 0 Å². The molecule has 0 aliphatic carbocycles. The highest BCUT2D eigenvalue weighted by atomic mass is 19.1. The maximum absolute atomic E-state index is 13.1. The van der Waals surface area contributed by atoms with Gasteiger partial charge in [-0.15, -0.1) is 0 Å². The van der Waals surface area contributed by atoms with Crippen molar-refractivity contribution in [2.45, 2.75) is 13.1 Å². The molecule has 5 aromatic rings. The fraction of sp³-hybridized carbons (Fsp3) is 0.0769. The molecule has 1 aromatic heterocycles. The average molecular weight is 409 g/mol. The third-order valence-electron chi connectivity index (χ3n) is 5.40. The van der Waals surface area contributed by atoms with Gasteiger partial charge in [-0.05, 0) is 58.8 Å². The molecule has 0 radical (unpaired) electrons. The predicted octanol–water partition coefficient (Wildman–Crippen LogP) is 5.31. The standard InChI is InChI=1S/C26H20FN3O/c27-22-13-11-20(12-14-22)26(31)28-16-25-29-23-7-3-4-8-24(23)30(25)17-18-9-10-19-5-1-2-6-21(19)15-18/h1-15H,16-17H2,(H,28,31). The number of carbonyl (C=O) groups is 1. The number of aromatic nitrogens is 2. The second kappa shape index (κ2) is 8.03. The lowest BCUT2D eigenvalue weighted by Gasteiger charge is -2.11. The van der Waals surface area contributed by atoms with Gasteiger partial charge in [0.05, 0.1) is 17.6 Å². The van der Waals surface area contributed by atoms with Crippen LogP contribution in [0.3, 0.4) is 0 Å². The molecule has 152 valence electrons. The van der Waals surface area contributed by atoms with Crippen molar-refractivity contribution < 1.29 is 9.18 Å². The van der Waals surface area contributed by atoms with Crippen molar-refractivity contribution in [3.63, 3.8) is 0 Å². The molecule has 5 heteroatoms. The monoisotopic (exact) mass is 409 g/mol. The second-order valence-electron chi connectivity index (χ2n) is 7.47. The Balaban J connectivity index is 1.44. The third kappa shape index (κ3) is 3.90. The highest BCUT2D eigenvalue weighted by Gasteiger charge is 2.13. The predicted molar refractivity (Wildman–Crippen MR) is 120 cm³/mol. The van der Waals surface area contributed by atoms with Crippen LogP contribution in [0.5, 0.6) is 0 Å². The Labute approximate surface area is 179 Å². The first-order valence-electron chi connectivity index (χ1n) is 10.1. The molecule has 0 atom stereocenters. The normalized spacial score (nSPS) is 11.1. The quantitative estimate of drug-likeness (QED) is 0.428. The highest BCUT2D eigenvalue weighted by molar-refractivity contribution is 5.94. The Bertz CT molecular complexity index is 1390. The van der Waals surface area contributed by atoms with Gasteiger partial charge in [-0.1, -0.05) is 48.5 Å². The van der Waals surface area contributed by atoms with E-state index in [0.29, 0.717) is 12.1 Å². The number of halogens is 1. The molecule has 4 nitrogen and oxygen atoms in total. The van der Waals surface area contributed by atoms with E-state index in [2.05, 4.69) is 40.2 Å². The lowest BCUT2D eigenvalue weighted by molar-refractivity contribution is 0.0949. The van der Waals surface area contributed by atoms with E-state index in [1.165, 1.54) is 35.0 Å². The van der Waals surface area contributed by atoms with Gasteiger partial charge in [-0.2, -0.15) is 0 Å². The van der Waals surface area contributed by atoms with E-state index in [1.807, 2.05) is 36.4 Å². The summed E-state index contributed by atoms with van der Waals surface area (Å²) >= 11 is 0. The van der Waals surface area contributed by atoms with Crippen molar-refractivity contribution in [3.05, 3.63) is 114 Å². The fourth-order valence-corrected chi connectivity index (χ4v) is 3.82. The Morgan fingerprint density at radius 3 is 2.45 bits per heavy atom. The SMILES string of the molecule is O=C(NCc1nc2ccccc2n1Cc1ccc2ccccc2c1)c1ccc(F)cc1. The van der Waals surface area contributed by atoms with Gasteiger partial charge in [-0.25, -0.2) is 9.37 Å². The van der Waals surface area contributed by atoms with Crippen LogP contribution >= 0.6 is 0 Å². The van der Waals surface area contributed by atoms with Crippen LogP contribution in [0.1, 0.15) is 21.7 Å². The van der Waals surface area contributed by atoms with Crippen LogP contribution < -0.4 is 5.32 Å². The summed E-state index contributed by atoms with van der Waals surface area (Å²) in [5.74, 6) is 0.142. The van der Waals surface area contributed by atoms with Gasteiger partial charge in [0.15, 0.2) is 0 Å². The molecule has 4 aromatic carbocycles. The van der Waals surface area contributed by atoms with Crippen LogP contribution in [0.25, 0.3) is 21.8 Å². The molecule has 0 saturated heterocycles. The van der Waals surface area contributed by atoms with Crippen LogP contribution in [0.15, 0.2) is 91.0 Å². The zero-order valence-corrected chi connectivity index (χ0v) is 16.8. The van der Waals surface area contributed by atoms with Gasteiger partial charge in [0.2, 0.25) is 0 Å². The van der Waals surface area contributed by atoms with Gasteiger partial charge in [-0.3, -0.25) is 4.79 Å². The van der Waals surface area contributed by atoms with Crippen LogP contribution in [-0.2, 0) is 13.1 Å². The molecule has 1 N–H and O–H groups in total. The first-order chi connectivity index (χ1) is 15.2. The lowest BCUT2D eigenvalue weighted by Crippen LogP contribution is -2.24. The molecule has 0 bridgehead atoms. The van der Waals surface area contributed by atoms with E-state index >= 15 is 0 Å². The van der Waals surface area contributed by atoms with Crippen LogP contribution in [0.2, 0.25) is 0 Å². The smallest absolute Gasteiger partial charge is 0.251 e. The number of imidazole rings is 1. The maximum Gasteiger partial charge on any atom is 0.251 e. The van der Waals surface area contributed by atoms with Crippen LogP contribution in [0, 0.1) is 5.82 Å². The largest absolute Gasteiger partial charge is 0.345 e. The average Bonchev–Trinajstić information content (AvgIpc) is 3.15. The van der Waals surface area contributed by atoms with E-state index in [9.17, 15) is 9.18 Å². The molecule has 1 heterocycles. The number of nitrogens with one attached hydrogen (secondary N) is 1. The molecule has 1 amide bonds. The minimum Gasteiger partial charge on any atom is -0.345 e. The molecule has 0 spiro atoms. The van der Waals surface area contributed by atoms with Gasteiger partial charge < -0.3 is 9.88 Å². The summed E-state index contributed by atoms with van der Waals surface area (Å²) < 4.78 is 15.3. The van der Waals surface area contributed by atoms with Crippen LogP contribution in [0.4, 0.5) is 4.39 Å². The molecule has 5 rings (SSSR count). The lowest BCUT2D eigenvalue weighted by atomic mass is 10.1. The molecular formula is C26H20FN3O. The van der Waals surface area contributed by atoms with Crippen molar-refractivity contribution in [1.82, 2.24) is 14.9 Å². The number of benzene rings is 4. The van der Waals surface area contributed by atoms with E-state index in [1.54, 1.807) is 0 Å². The Morgan fingerprint density at radius 1 is 0.871 bits per heavy atom. The number of hydrogen-bond acceptors (Lipinski definition) is 2. The van der Waals surface area contributed by atoms with Crippen molar-refractivity contribution in [1.29, 1.82) is 0 Å². The molecular weight excluding hydrogens is 389 g/mol. The topological polar surface area (TPSA) is 46.9 Å². The first-order valence-corrected chi connectivity index (χ1v) is 10.1. The maximum atomic E-state index is 13.1. The Morgan fingerprint density at radius 2 is 1.61 bits per heavy atom. The summed E-state index contributed by atoms with van der Waals surface area (Å²) in [6.07, 6.45) is 0. The Hall–Kier alpha value is -3.99. The summed E-state index contributed by atoms with van der Waals surface area (Å²) in [4.78, 5) is 17.2. The van der Waals surface area contributed by atoms with Crippen molar-refractivity contribution in [2.24, 2.45) is 0 Å². The number of rotatable bonds is 5. The van der Waals surface area contributed by atoms with Gasteiger partial charge in [0.25, 0.3) is 5.91 Å². The molecule has 31 heavy (non-hydrogen) atoms. The number of nitrogens with zero attached hydrogens (tertiary/aromatic N) is 2. The zero-order chi connectivity index (χ0) is 21.2. The minimum absolute atomic E-state index is 0.260. The second-order valence-corrected chi connectivity index (χ2v) is 7.47. The van der Waals surface area contributed by atoms with Crippen molar-refractivity contribution >= 4 is 27.7 Å². The first kappa shape index (κ1) is 19.0. The number of carbonyl (C=O) groups excluding carboxylic acids is 1. The number of hydrogen-bond donors (Lipinski definition) is 1. The van der Waals surface area contributed by atoms with E-state index in [-0.39, 0.29) is 18.3 Å². The number of para-hydroxylation sites is 2. The van der Waals surface area contributed by atoms with E-state index < -0.39 is 0 Å². The summed E-state index contributed by atoms with van der Waals surface area (Å²) in [5, 5.41) is 5.30. The van der Waals surface area contributed by atoms with Gasteiger partial charge in [0, 0.05) is 12.1 Å². The zero-order valence-electron chi connectivity index (χ0n) is 16.8. The number of fused-ring (bicyclic) bond motifs is 2. The molecule has 0 aliphatic heterocycles. The summed E-state index contributed by atoms with van der Waals surface area (Å²) in [6.45, 7) is 0.922. The highest BCUT2D eigenvalue weighted by Crippen LogP contribution is 2.21.